The molecule has 0 aliphatic carbocycles. The van der Waals surface area contributed by atoms with E-state index in [1.54, 1.807) is 11.0 Å². The van der Waals surface area contributed by atoms with E-state index in [9.17, 15) is 4.79 Å². The molecule has 1 amide bonds. The highest BCUT2D eigenvalue weighted by molar-refractivity contribution is 6.18. The van der Waals surface area contributed by atoms with Gasteiger partial charge in [0.15, 0.2) is 6.10 Å². The number of carbonyl (C=O) groups excluding carboxylic acids is 1. The van der Waals surface area contributed by atoms with Crippen molar-refractivity contribution < 1.29 is 14.3 Å². The molecule has 0 aliphatic rings. The first kappa shape index (κ1) is 22.6. The summed E-state index contributed by atoms with van der Waals surface area (Å²) in [6.45, 7) is 6.22. The molecule has 164 valence electrons. The Morgan fingerprint density at radius 2 is 1.77 bits per heavy atom. The zero-order valence-electron chi connectivity index (χ0n) is 17.9. The Hall–Kier alpha value is -3.06. The molecule has 0 saturated carbocycles. The van der Waals surface area contributed by atoms with Gasteiger partial charge in [0.1, 0.15) is 18.4 Å². The summed E-state index contributed by atoms with van der Waals surface area (Å²) < 4.78 is 13.6. The SMILES string of the molecule is CC(C)(C)C(OC(=O)NCCCl)C(Oc1ccc(-c2ccccc2)cc1)n1cncn1. The van der Waals surface area contributed by atoms with Crippen LogP contribution in [-0.4, -0.2) is 39.4 Å². The second-order valence-electron chi connectivity index (χ2n) is 8.08. The highest BCUT2D eigenvalue weighted by Gasteiger charge is 2.39. The van der Waals surface area contributed by atoms with Crippen molar-refractivity contribution in [1.29, 1.82) is 0 Å². The molecule has 2 aromatic carbocycles. The largest absolute Gasteiger partial charge is 0.465 e. The van der Waals surface area contributed by atoms with E-state index in [1.165, 1.54) is 6.33 Å². The summed E-state index contributed by atoms with van der Waals surface area (Å²) in [5.41, 5.74) is 1.75. The van der Waals surface area contributed by atoms with Gasteiger partial charge in [0.25, 0.3) is 0 Å². The lowest BCUT2D eigenvalue weighted by atomic mass is 9.87. The highest BCUT2D eigenvalue weighted by Crippen LogP contribution is 2.33. The minimum absolute atomic E-state index is 0.298. The van der Waals surface area contributed by atoms with Crippen molar-refractivity contribution in [2.45, 2.75) is 33.1 Å². The first-order valence-corrected chi connectivity index (χ1v) is 10.6. The van der Waals surface area contributed by atoms with Crippen LogP contribution in [-0.2, 0) is 4.74 Å². The number of alkyl carbamates (subject to hydrolysis) is 1. The molecular formula is C23H27ClN4O3. The van der Waals surface area contributed by atoms with E-state index in [-0.39, 0.29) is 0 Å². The zero-order chi connectivity index (χ0) is 22.3. The van der Waals surface area contributed by atoms with Gasteiger partial charge in [-0.1, -0.05) is 63.2 Å². The topological polar surface area (TPSA) is 78.3 Å². The molecule has 3 aromatic rings. The van der Waals surface area contributed by atoms with Gasteiger partial charge in [-0.3, -0.25) is 0 Å². The standard InChI is InChI=1S/C23H27ClN4O3/c1-23(2,3)20(31-22(29)26-14-13-24)21(28-16-25-15-27-28)30-19-11-9-18(10-12-19)17-7-5-4-6-8-17/h4-12,15-16,20-21H,13-14H2,1-3H3,(H,26,29). The molecule has 1 N–H and O–H groups in total. The van der Waals surface area contributed by atoms with E-state index in [4.69, 9.17) is 21.1 Å². The van der Waals surface area contributed by atoms with Gasteiger partial charge in [-0.2, -0.15) is 5.10 Å². The molecule has 0 aliphatic heterocycles. The number of ether oxygens (including phenoxy) is 2. The fourth-order valence-electron chi connectivity index (χ4n) is 3.07. The van der Waals surface area contributed by atoms with Gasteiger partial charge in [-0.25, -0.2) is 14.5 Å². The number of hydrogen-bond acceptors (Lipinski definition) is 5. The summed E-state index contributed by atoms with van der Waals surface area (Å²) in [4.78, 5) is 16.3. The van der Waals surface area contributed by atoms with Gasteiger partial charge in [0, 0.05) is 17.8 Å². The van der Waals surface area contributed by atoms with Crippen molar-refractivity contribution in [2.75, 3.05) is 12.4 Å². The van der Waals surface area contributed by atoms with Crippen molar-refractivity contribution in [1.82, 2.24) is 20.1 Å². The molecule has 0 radical (unpaired) electrons. The van der Waals surface area contributed by atoms with E-state index in [0.717, 1.165) is 11.1 Å². The van der Waals surface area contributed by atoms with Crippen LogP contribution in [0.3, 0.4) is 0 Å². The Morgan fingerprint density at radius 3 is 2.35 bits per heavy atom. The molecule has 1 heterocycles. The molecule has 0 bridgehead atoms. The quantitative estimate of drug-likeness (QED) is 0.502. The number of carbonyl (C=O) groups is 1. The number of aromatic nitrogens is 3. The lowest BCUT2D eigenvalue weighted by molar-refractivity contribution is -0.0792. The Labute approximate surface area is 187 Å². The normalized spacial score (nSPS) is 13.3. The molecule has 1 aromatic heterocycles. The van der Waals surface area contributed by atoms with Crippen molar-refractivity contribution in [2.24, 2.45) is 5.41 Å². The van der Waals surface area contributed by atoms with Gasteiger partial charge >= 0.3 is 6.09 Å². The average Bonchev–Trinajstić information content (AvgIpc) is 3.30. The van der Waals surface area contributed by atoms with Crippen molar-refractivity contribution >= 4 is 17.7 Å². The van der Waals surface area contributed by atoms with Crippen LogP contribution in [0, 0.1) is 5.41 Å². The maximum atomic E-state index is 12.3. The minimum Gasteiger partial charge on any atom is -0.465 e. The molecule has 0 fully saturated rings. The van der Waals surface area contributed by atoms with Crippen LogP contribution in [0.1, 0.15) is 27.0 Å². The number of amides is 1. The van der Waals surface area contributed by atoms with Crippen LogP contribution in [0.25, 0.3) is 11.1 Å². The average molecular weight is 443 g/mol. The van der Waals surface area contributed by atoms with Crippen LogP contribution in [0.15, 0.2) is 67.3 Å². The molecule has 0 saturated heterocycles. The van der Waals surface area contributed by atoms with Crippen molar-refractivity contribution in [3.05, 3.63) is 67.3 Å². The summed E-state index contributed by atoms with van der Waals surface area (Å²) in [5, 5.41) is 6.86. The van der Waals surface area contributed by atoms with Gasteiger partial charge in [-0.15, -0.1) is 11.6 Å². The van der Waals surface area contributed by atoms with Crippen LogP contribution >= 0.6 is 11.6 Å². The van der Waals surface area contributed by atoms with Gasteiger partial charge < -0.3 is 14.8 Å². The Kier molecular flexibility index (Phi) is 7.52. The van der Waals surface area contributed by atoms with Crippen molar-refractivity contribution in [3.63, 3.8) is 0 Å². The lowest BCUT2D eigenvalue weighted by Crippen LogP contribution is -2.44. The third-order valence-electron chi connectivity index (χ3n) is 4.63. The maximum Gasteiger partial charge on any atom is 0.407 e. The van der Waals surface area contributed by atoms with Gasteiger partial charge in [-0.05, 0) is 23.3 Å². The number of alkyl halides is 1. The van der Waals surface area contributed by atoms with Gasteiger partial charge in [0.05, 0.1) is 0 Å². The van der Waals surface area contributed by atoms with E-state index in [1.807, 2.05) is 63.2 Å². The summed E-state index contributed by atoms with van der Waals surface area (Å²) >= 11 is 5.66. The molecule has 2 atom stereocenters. The number of hydrogen-bond donors (Lipinski definition) is 1. The third-order valence-corrected chi connectivity index (χ3v) is 4.81. The molecule has 3 rings (SSSR count). The first-order chi connectivity index (χ1) is 14.9. The number of halogens is 1. The van der Waals surface area contributed by atoms with E-state index >= 15 is 0 Å². The number of rotatable bonds is 8. The molecule has 7 nitrogen and oxygen atoms in total. The Balaban J connectivity index is 1.85. The summed E-state index contributed by atoms with van der Waals surface area (Å²) in [6.07, 6.45) is 1.03. The minimum atomic E-state index is -0.716. The summed E-state index contributed by atoms with van der Waals surface area (Å²) in [6, 6.07) is 17.8. The first-order valence-electron chi connectivity index (χ1n) is 10.0. The molecule has 0 spiro atoms. The smallest absolute Gasteiger partial charge is 0.407 e. The van der Waals surface area contributed by atoms with E-state index in [0.29, 0.717) is 18.2 Å². The van der Waals surface area contributed by atoms with E-state index < -0.39 is 23.8 Å². The van der Waals surface area contributed by atoms with Crippen LogP contribution < -0.4 is 10.1 Å². The highest BCUT2D eigenvalue weighted by atomic mass is 35.5. The Bertz CT molecular complexity index is 941. The second kappa shape index (κ2) is 10.3. The second-order valence-corrected chi connectivity index (χ2v) is 8.46. The summed E-state index contributed by atoms with van der Waals surface area (Å²) in [7, 11) is 0. The fraction of sp³-hybridized carbons (Fsp3) is 0.348. The molecule has 31 heavy (non-hydrogen) atoms. The van der Waals surface area contributed by atoms with Crippen LogP contribution in [0.2, 0.25) is 0 Å². The lowest BCUT2D eigenvalue weighted by Gasteiger charge is -2.35. The third kappa shape index (κ3) is 6.21. The molecule has 8 heteroatoms. The van der Waals surface area contributed by atoms with Crippen molar-refractivity contribution in [3.8, 4) is 16.9 Å². The zero-order valence-corrected chi connectivity index (χ0v) is 18.6. The van der Waals surface area contributed by atoms with Gasteiger partial charge in [0.2, 0.25) is 6.23 Å². The predicted octanol–water partition coefficient (Wildman–Crippen LogP) is 4.90. The number of nitrogens with one attached hydrogen (secondary N) is 1. The van der Waals surface area contributed by atoms with Crippen LogP contribution in [0.4, 0.5) is 4.79 Å². The van der Waals surface area contributed by atoms with Crippen LogP contribution in [0.5, 0.6) is 5.75 Å². The maximum absolute atomic E-state index is 12.3. The number of nitrogens with zero attached hydrogens (tertiary/aromatic N) is 3. The molecule has 2 unspecified atom stereocenters. The van der Waals surface area contributed by atoms with E-state index in [2.05, 4.69) is 27.5 Å². The monoisotopic (exact) mass is 442 g/mol. The number of benzene rings is 2. The Morgan fingerprint density at radius 1 is 1.10 bits per heavy atom. The molecular weight excluding hydrogens is 416 g/mol. The predicted molar refractivity (Wildman–Crippen MR) is 120 cm³/mol. The fourth-order valence-corrected chi connectivity index (χ4v) is 3.16. The summed E-state index contributed by atoms with van der Waals surface area (Å²) in [5.74, 6) is 0.922.